The summed E-state index contributed by atoms with van der Waals surface area (Å²) in [5.41, 5.74) is 4.99. The van der Waals surface area contributed by atoms with Gasteiger partial charge in [-0.15, -0.1) is 0 Å². The average molecular weight is 243 g/mol. The molecule has 0 heterocycles. The maximum atomic E-state index is 11.8. The first-order valence-electron chi connectivity index (χ1n) is 4.44. The van der Waals surface area contributed by atoms with Crippen molar-refractivity contribution in [2.24, 2.45) is 5.73 Å². The fraction of sp³-hybridized carbons (Fsp3) is 0.200. The third kappa shape index (κ3) is 2.87. The molecule has 3 N–H and O–H groups in total. The largest absolute Gasteiger partial charge is 0.507 e. The maximum absolute atomic E-state index is 11.8. The van der Waals surface area contributed by atoms with Crippen LogP contribution in [0.5, 0.6) is 5.75 Å². The van der Waals surface area contributed by atoms with Crippen molar-refractivity contribution >= 4 is 23.4 Å². The van der Waals surface area contributed by atoms with Gasteiger partial charge in [0.25, 0.3) is 5.91 Å². The number of primary amides is 1. The van der Waals surface area contributed by atoms with Gasteiger partial charge in [0, 0.05) is 12.1 Å². The minimum atomic E-state index is -0.627. The molecular formula is C10H11ClN2O3. The van der Waals surface area contributed by atoms with E-state index in [1.54, 1.807) is 0 Å². The van der Waals surface area contributed by atoms with Gasteiger partial charge < -0.3 is 15.7 Å². The molecule has 5 nitrogen and oxygen atoms in total. The number of likely N-dealkylation sites (N-methyl/N-ethyl adjacent to an activating group) is 1. The molecule has 0 aromatic heterocycles. The van der Waals surface area contributed by atoms with Gasteiger partial charge in [0.15, 0.2) is 0 Å². The number of nitrogens with zero attached hydrogens (tertiary/aromatic N) is 1. The number of aromatic hydroxyl groups is 1. The minimum Gasteiger partial charge on any atom is -0.507 e. The first-order chi connectivity index (χ1) is 7.41. The van der Waals surface area contributed by atoms with Gasteiger partial charge in [-0.3, -0.25) is 9.59 Å². The monoisotopic (exact) mass is 242 g/mol. The first-order valence-corrected chi connectivity index (χ1v) is 4.82. The van der Waals surface area contributed by atoms with Gasteiger partial charge in [0.05, 0.1) is 12.1 Å². The van der Waals surface area contributed by atoms with Crippen LogP contribution < -0.4 is 5.73 Å². The predicted molar refractivity (Wildman–Crippen MR) is 59.3 cm³/mol. The van der Waals surface area contributed by atoms with Crippen molar-refractivity contribution < 1.29 is 14.7 Å². The molecule has 0 saturated heterocycles. The van der Waals surface area contributed by atoms with Crippen LogP contribution in [0.3, 0.4) is 0 Å². The van der Waals surface area contributed by atoms with Gasteiger partial charge in [0.2, 0.25) is 5.91 Å². The molecule has 0 aliphatic rings. The van der Waals surface area contributed by atoms with Gasteiger partial charge >= 0.3 is 0 Å². The van der Waals surface area contributed by atoms with Crippen LogP contribution in [0, 0.1) is 0 Å². The van der Waals surface area contributed by atoms with Crippen molar-refractivity contribution in [1.82, 2.24) is 4.90 Å². The lowest BCUT2D eigenvalue weighted by Gasteiger charge is -2.15. The second kappa shape index (κ2) is 4.85. The second-order valence-electron chi connectivity index (χ2n) is 3.29. The number of hydrogen-bond acceptors (Lipinski definition) is 3. The Kier molecular flexibility index (Phi) is 3.73. The minimum absolute atomic E-state index is 0.0382. The summed E-state index contributed by atoms with van der Waals surface area (Å²) in [6, 6.07) is 4.10. The first kappa shape index (κ1) is 12.3. The molecule has 6 heteroatoms. The Morgan fingerprint density at radius 2 is 2.12 bits per heavy atom. The van der Waals surface area contributed by atoms with Gasteiger partial charge in [-0.05, 0) is 18.2 Å². The van der Waals surface area contributed by atoms with Gasteiger partial charge in [-0.25, -0.2) is 0 Å². The molecule has 0 spiro atoms. The van der Waals surface area contributed by atoms with E-state index in [-0.39, 0.29) is 17.9 Å². The predicted octanol–water partition coefficient (Wildman–Crippen LogP) is 0.603. The zero-order valence-electron chi connectivity index (χ0n) is 8.61. The lowest BCUT2D eigenvalue weighted by molar-refractivity contribution is -0.118. The molecule has 0 atom stereocenters. The van der Waals surface area contributed by atoms with Crippen molar-refractivity contribution in [2.45, 2.75) is 0 Å². The van der Waals surface area contributed by atoms with Gasteiger partial charge in [-0.1, -0.05) is 11.6 Å². The van der Waals surface area contributed by atoms with E-state index in [9.17, 15) is 14.7 Å². The Balaban J connectivity index is 2.95. The van der Waals surface area contributed by atoms with E-state index >= 15 is 0 Å². The molecule has 1 aromatic rings. The van der Waals surface area contributed by atoms with Crippen molar-refractivity contribution in [3.8, 4) is 5.75 Å². The lowest BCUT2D eigenvalue weighted by atomic mass is 10.2. The van der Waals surface area contributed by atoms with Crippen LogP contribution in [0.15, 0.2) is 18.2 Å². The fourth-order valence-electron chi connectivity index (χ4n) is 1.19. The Bertz CT molecular complexity index is 434. The number of phenolic OH excluding ortho intramolecular Hbond substituents is 1. The summed E-state index contributed by atoms with van der Waals surface area (Å²) in [5, 5.41) is 9.79. The van der Waals surface area contributed by atoms with Crippen LogP contribution in [0.25, 0.3) is 0 Å². The van der Waals surface area contributed by atoms with Crippen LogP contribution >= 0.6 is 11.6 Å². The maximum Gasteiger partial charge on any atom is 0.257 e. The molecular weight excluding hydrogens is 232 g/mol. The molecule has 86 valence electrons. The molecule has 0 radical (unpaired) electrons. The number of hydrogen-bond donors (Lipinski definition) is 2. The third-order valence-electron chi connectivity index (χ3n) is 1.93. The van der Waals surface area contributed by atoms with Crippen molar-refractivity contribution in [2.75, 3.05) is 13.6 Å². The Morgan fingerprint density at radius 3 is 2.69 bits per heavy atom. The van der Waals surface area contributed by atoms with Crippen LogP contribution in [0.1, 0.15) is 10.4 Å². The normalized spacial score (nSPS) is 9.88. The fourth-order valence-corrected chi connectivity index (χ4v) is 1.36. The molecule has 0 unspecified atom stereocenters. The van der Waals surface area contributed by atoms with E-state index in [1.165, 1.54) is 25.2 Å². The van der Waals surface area contributed by atoms with Crippen molar-refractivity contribution in [1.29, 1.82) is 0 Å². The SMILES string of the molecule is CN(CC(N)=O)C(=O)c1cc(Cl)ccc1O. The highest BCUT2D eigenvalue weighted by atomic mass is 35.5. The summed E-state index contributed by atoms with van der Waals surface area (Å²) in [4.78, 5) is 23.5. The lowest BCUT2D eigenvalue weighted by Crippen LogP contribution is -2.35. The average Bonchev–Trinajstić information content (AvgIpc) is 2.19. The molecule has 0 saturated carbocycles. The summed E-state index contributed by atoms with van der Waals surface area (Å²) in [6.07, 6.45) is 0. The molecule has 2 amide bonds. The topological polar surface area (TPSA) is 83.6 Å². The summed E-state index contributed by atoms with van der Waals surface area (Å²) in [5.74, 6) is -1.33. The van der Waals surface area contributed by atoms with Crippen molar-refractivity contribution in [3.05, 3.63) is 28.8 Å². The number of benzene rings is 1. The number of amides is 2. The summed E-state index contributed by atoms with van der Waals surface area (Å²) >= 11 is 5.70. The number of nitrogens with two attached hydrogens (primary N) is 1. The smallest absolute Gasteiger partial charge is 0.257 e. The van der Waals surface area contributed by atoms with Crippen LogP contribution in [0.2, 0.25) is 5.02 Å². The summed E-state index contributed by atoms with van der Waals surface area (Å²) in [6.45, 7) is -0.217. The number of carbonyl (C=O) groups excluding carboxylic acids is 2. The molecule has 0 bridgehead atoms. The zero-order valence-corrected chi connectivity index (χ0v) is 9.36. The van der Waals surface area contributed by atoms with E-state index < -0.39 is 11.8 Å². The molecule has 0 aliphatic heterocycles. The molecule has 1 rings (SSSR count). The quantitative estimate of drug-likeness (QED) is 0.814. The van der Waals surface area contributed by atoms with Gasteiger partial charge in [-0.2, -0.15) is 0 Å². The summed E-state index contributed by atoms with van der Waals surface area (Å²) < 4.78 is 0. The molecule has 16 heavy (non-hydrogen) atoms. The number of phenols is 1. The highest BCUT2D eigenvalue weighted by Gasteiger charge is 2.17. The molecule has 1 aromatic carbocycles. The van der Waals surface area contributed by atoms with E-state index in [0.29, 0.717) is 5.02 Å². The van der Waals surface area contributed by atoms with Crippen LogP contribution in [0.4, 0.5) is 0 Å². The standard InChI is InChI=1S/C10H11ClN2O3/c1-13(5-9(12)15)10(16)7-4-6(11)2-3-8(7)14/h2-4,14H,5H2,1H3,(H2,12,15). The summed E-state index contributed by atoms with van der Waals surface area (Å²) in [7, 11) is 1.41. The van der Waals surface area contributed by atoms with Crippen LogP contribution in [-0.4, -0.2) is 35.4 Å². The highest BCUT2D eigenvalue weighted by molar-refractivity contribution is 6.31. The Morgan fingerprint density at radius 1 is 1.50 bits per heavy atom. The van der Waals surface area contributed by atoms with Gasteiger partial charge in [0.1, 0.15) is 5.75 Å². The van der Waals surface area contributed by atoms with E-state index in [4.69, 9.17) is 17.3 Å². The second-order valence-corrected chi connectivity index (χ2v) is 3.73. The Labute approximate surface area is 97.4 Å². The molecule has 0 aliphatic carbocycles. The van der Waals surface area contributed by atoms with Crippen LogP contribution in [-0.2, 0) is 4.79 Å². The number of rotatable bonds is 3. The molecule has 0 fully saturated rings. The number of carbonyl (C=O) groups is 2. The Hall–Kier alpha value is -1.75. The third-order valence-corrected chi connectivity index (χ3v) is 2.16. The van der Waals surface area contributed by atoms with E-state index in [1.807, 2.05) is 0 Å². The zero-order chi connectivity index (χ0) is 12.3. The van der Waals surface area contributed by atoms with Crippen molar-refractivity contribution in [3.63, 3.8) is 0 Å². The highest BCUT2D eigenvalue weighted by Crippen LogP contribution is 2.22. The number of halogens is 1. The van der Waals surface area contributed by atoms with E-state index in [0.717, 1.165) is 4.90 Å². The van der Waals surface area contributed by atoms with E-state index in [2.05, 4.69) is 0 Å².